The zero-order valence-electron chi connectivity index (χ0n) is 16.7. The van der Waals surface area contributed by atoms with Crippen LogP contribution in [0, 0.1) is 11.3 Å². The number of carbonyl (C=O) groups excluding carboxylic acids is 2. The summed E-state index contributed by atoms with van der Waals surface area (Å²) in [4.78, 5) is 36.8. The molecule has 1 aromatic rings. The van der Waals surface area contributed by atoms with Crippen molar-refractivity contribution in [3.8, 4) is 6.07 Å². The van der Waals surface area contributed by atoms with Crippen molar-refractivity contribution in [1.82, 2.24) is 19.7 Å². The van der Waals surface area contributed by atoms with E-state index in [4.69, 9.17) is 0 Å². The topological polar surface area (TPSA) is 83.8 Å². The summed E-state index contributed by atoms with van der Waals surface area (Å²) in [6, 6.07) is 5.59. The van der Waals surface area contributed by atoms with E-state index in [1.807, 2.05) is 11.8 Å². The maximum Gasteiger partial charge on any atom is 0.239 e. The van der Waals surface area contributed by atoms with Gasteiger partial charge in [0.05, 0.1) is 11.6 Å². The van der Waals surface area contributed by atoms with Crippen molar-refractivity contribution in [3.63, 3.8) is 0 Å². The van der Waals surface area contributed by atoms with Gasteiger partial charge in [-0.2, -0.15) is 5.26 Å². The Morgan fingerprint density at radius 1 is 1.07 bits per heavy atom. The lowest BCUT2D eigenvalue weighted by Crippen LogP contribution is -2.55. The smallest absolute Gasteiger partial charge is 0.239 e. The molecule has 0 saturated carbocycles. The number of nitriles is 1. The highest BCUT2D eigenvalue weighted by molar-refractivity contribution is 5.82. The van der Waals surface area contributed by atoms with E-state index in [1.54, 1.807) is 30.2 Å². The lowest BCUT2D eigenvalue weighted by atomic mass is 10.2. The second kappa shape index (κ2) is 9.02. The molecule has 2 aliphatic rings. The Hall–Kier alpha value is -2.66. The van der Waals surface area contributed by atoms with E-state index in [0.717, 1.165) is 38.4 Å². The van der Waals surface area contributed by atoms with Crippen LogP contribution in [0.15, 0.2) is 18.3 Å². The Bertz CT molecular complexity index is 753. The molecule has 3 heterocycles. The molecule has 8 heteroatoms. The van der Waals surface area contributed by atoms with Gasteiger partial charge in [-0.25, -0.2) is 4.98 Å². The summed E-state index contributed by atoms with van der Waals surface area (Å²) in [6.45, 7) is 9.11. The zero-order chi connectivity index (χ0) is 20.1. The number of hydrogen-bond donors (Lipinski definition) is 0. The molecule has 0 aliphatic carbocycles. The van der Waals surface area contributed by atoms with E-state index >= 15 is 0 Å². The number of carbonyl (C=O) groups is 2. The normalized spacial score (nSPS) is 19.7. The lowest BCUT2D eigenvalue weighted by Gasteiger charge is -2.37. The van der Waals surface area contributed by atoms with Gasteiger partial charge >= 0.3 is 0 Å². The van der Waals surface area contributed by atoms with E-state index in [-0.39, 0.29) is 17.9 Å². The third-order valence-electron chi connectivity index (χ3n) is 5.68. The molecule has 0 radical (unpaired) electrons. The molecule has 150 valence electrons. The summed E-state index contributed by atoms with van der Waals surface area (Å²) in [5.74, 6) is 0.928. The first-order valence-electron chi connectivity index (χ1n) is 9.89. The fraction of sp³-hybridized carbons (Fsp3) is 0.600. The molecule has 0 N–H and O–H groups in total. The third-order valence-corrected chi connectivity index (χ3v) is 5.68. The first-order chi connectivity index (χ1) is 13.5. The molecule has 2 fully saturated rings. The summed E-state index contributed by atoms with van der Waals surface area (Å²) < 4.78 is 0. The second-order valence-corrected chi connectivity index (χ2v) is 7.37. The second-order valence-electron chi connectivity index (χ2n) is 7.37. The molecule has 1 unspecified atom stereocenters. The summed E-state index contributed by atoms with van der Waals surface area (Å²) in [5, 5.41) is 9.33. The molecule has 3 rings (SSSR count). The molecular weight excluding hydrogens is 356 g/mol. The van der Waals surface area contributed by atoms with E-state index in [0.29, 0.717) is 31.7 Å². The van der Waals surface area contributed by atoms with Crippen LogP contribution in [0.2, 0.25) is 0 Å². The highest BCUT2D eigenvalue weighted by Gasteiger charge is 2.30. The van der Waals surface area contributed by atoms with Gasteiger partial charge in [0.1, 0.15) is 11.9 Å². The number of hydrogen-bond acceptors (Lipinski definition) is 6. The molecule has 2 saturated heterocycles. The molecule has 0 bridgehead atoms. The van der Waals surface area contributed by atoms with Gasteiger partial charge in [-0.1, -0.05) is 0 Å². The number of amides is 2. The maximum absolute atomic E-state index is 12.9. The predicted octanol–water partition coefficient (Wildman–Crippen LogP) is 0.545. The summed E-state index contributed by atoms with van der Waals surface area (Å²) in [7, 11) is 0. The fourth-order valence-electron chi connectivity index (χ4n) is 3.93. The minimum absolute atomic E-state index is 0.0685. The van der Waals surface area contributed by atoms with Crippen molar-refractivity contribution < 1.29 is 9.59 Å². The van der Waals surface area contributed by atoms with Crippen LogP contribution in [-0.4, -0.2) is 89.9 Å². The Labute approximate surface area is 166 Å². The first-order valence-corrected chi connectivity index (χ1v) is 9.89. The number of piperazine rings is 1. The highest BCUT2D eigenvalue weighted by atomic mass is 16.2. The highest BCUT2D eigenvalue weighted by Crippen LogP contribution is 2.19. The van der Waals surface area contributed by atoms with Crippen LogP contribution in [0.1, 0.15) is 25.8 Å². The molecule has 1 atom stereocenters. The van der Waals surface area contributed by atoms with Crippen LogP contribution >= 0.6 is 0 Å². The molecule has 0 aromatic carbocycles. The van der Waals surface area contributed by atoms with Crippen molar-refractivity contribution in [2.24, 2.45) is 0 Å². The van der Waals surface area contributed by atoms with Gasteiger partial charge in [0.2, 0.25) is 11.8 Å². The number of nitrogens with zero attached hydrogens (tertiary/aromatic N) is 6. The van der Waals surface area contributed by atoms with E-state index in [2.05, 4.69) is 20.9 Å². The monoisotopic (exact) mass is 384 g/mol. The van der Waals surface area contributed by atoms with Gasteiger partial charge in [0.25, 0.3) is 0 Å². The molecule has 8 nitrogen and oxygen atoms in total. The Morgan fingerprint density at radius 3 is 2.46 bits per heavy atom. The van der Waals surface area contributed by atoms with Crippen LogP contribution in [0.5, 0.6) is 0 Å². The van der Waals surface area contributed by atoms with Crippen molar-refractivity contribution in [2.75, 3.05) is 57.3 Å². The average Bonchev–Trinajstić information content (AvgIpc) is 2.99. The summed E-state index contributed by atoms with van der Waals surface area (Å²) in [5.41, 5.74) is 0.586. The molecule has 28 heavy (non-hydrogen) atoms. The number of pyridine rings is 1. The van der Waals surface area contributed by atoms with Crippen LogP contribution < -0.4 is 4.90 Å². The van der Waals surface area contributed by atoms with Crippen LogP contribution in [0.3, 0.4) is 0 Å². The fourth-order valence-corrected chi connectivity index (χ4v) is 3.93. The van der Waals surface area contributed by atoms with Crippen molar-refractivity contribution >= 4 is 17.6 Å². The molecular formula is C20H28N6O2. The van der Waals surface area contributed by atoms with Gasteiger partial charge in [0, 0.05) is 65.5 Å². The standard InChI is InChI=1S/C20H28N6O2/c1-16(20(28)26-13-10-24(11-14-26)17(2)27)23-7-4-8-25(12-9-23)19-18(15-21)5-3-6-22-19/h3,5-6,16H,4,7-14H2,1-2H3. The molecule has 1 aromatic heterocycles. The minimum Gasteiger partial charge on any atom is -0.354 e. The number of anilines is 1. The van der Waals surface area contributed by atoms with Crippen molar-refractivity contribution in [3.05, 3.63) is 23.9 Å². The van der Waals surface area contributed by atoms with Gasteiger partial charge in [0.15, 0.2) is 0 Å². The molecule has 2 amide bonds. The zero-order valence-corrected chi connectivity index (χ0v) is 16.7. The lowest BCUT2D eigenvalue weighted by molar-refractivity contribution is -0.141. The Morgan fingerprint density at radius 2 is 1.79 bits per heavy atom. The van der Waals surface area contributed by atoms with E-state index < -0.39 is 0 Å². The summed E-state index contributed by atoms with van der Waals surface area (Å²) >= 11 is 0. The Balaban J connectivity index is 1.58. The van der Waals surface area contributed by atoms with Crippen LogP contribution in [0.4, 0.5) is 5.82 Å². The van der Waals surface area contributed by atoms with Crippen LogP contribution in [-0.2, 0) is 9.59 Å². The predicted molar refractivity (Wildman–Crippen MR) is 106 cm³/mol. The number of aromatic nitrogens is 1. The van der Waals surface area contributed by atoms with Gasteiger partial charge in [-0.05, 0) is 25.5 Å². The first kappa shape index (κ1) is 20.1. The van der Waals surface area contributed by atoms with Crippen molar-refractivity contribution in [1.29, 1.82) is 5.26 Å². The summed E-state index contributed by atoms with van der Waals surface area (Å²) in [6.07, 6.45) is 2.63. The molecule has 0 spiro atoms. The average molecular weight is 384 g/mol. The SMILES string of the molecule is CC(=O)N1CCN(C(=O)C(C)N2CCCN(c3ncccc3C#N)CC2)CC1. The quantitative estimate of drug-likeness (QED) is 0.757. The largest absolute Gasteiger partial charge is 0.354 e. The molecule has 2 aliphatic heterocycles. The Kier molecular flexibility index (Phi) is 6.47. The van der Waals surface area contributed by atoms with Crippen molar-refractivity contribution in [2.45, 2.75) is 26.3 Å². The maximum atomic E-state index is 12.9. The van der Waals surface area contributed by atoms with Crippen LogP contribution in [0.25, 0.3) is 0 Å². The van der Waals surface area contributed by atoms with Gasteiger partial charge < -0.3 is 14.7 Å². The van der Waals surface area contributed by atoms with Gasteiger partial charge in [-0.3, -0.25) is 14.5 Å². The third kappa shape index (κ3) is 4.42. The number of rotatable bonds is 3. The van der Waals surface area contributed by atoms with E-state index in [9.17, 15) is 14.9 Å². The minimum atomic E-state index is -0.192. The van der Waals surface area contributed by atoms with E-state index in [1.165, 1.54) is 0 Å². The van der Waals surface area contributed by atoms with Gasteiger partial charge in [-0.15, -0.1) is 0 Å².